The Morgan fingerprint density at radius 3 is 2.62 bits per heavy atom. The highest BCUT2D eigenvalue weighted by Crippen LogP contribution is 2.19. The van der Waals surface area contributed by atoms with E-state index < -0.39 is 0 Å². The predicted molar refractivity (Wildman–Crippen MR) is 54.6 cm³/mol. The summed E-state index contributed by atoms with van der Waals surface area (Å²) in [5.74, 6) is -0.0269. The number of hydrogen-bond donors (Lipinski definition) is 0. The van der Waals surface area contributed by atoms with Crippen LogP contribution in [0, 0.1) is 0 Å². The van der Waals surface area contributed by atoms with Gasteiger partial charge in [0.15, 0.2) is 0 Å². The molecule has 0 saturated carbocycles. The summed E-state index contributed by atoms with van der Waals surface area (Å²) in [6.07, 6.45) is 3.72. The van der Waals surface area contributed by atoms with Crippen molar-refractivity contribution in [2.45, 2.75) is 19.8 Å². The third-order valence-electron chi connectivity index (χ3n) is 2.07. The highest BCUT2D eigenvalue weighted by atomic mass is 35.5. The molecule has 0 N–H and O–H groups in total. The van der Waals surface area contributed by atoms with Crippen molar-refractivity contribution in [3.8, 4) is 0 Å². The summed E-state index contributed by atoms with van der Waals surface area (Å²) in [5, 5.41) is 0.486. The molecule has 1 aliphatic rings. The molecule has 1 fully saturated rings. The summed E-state index contributed by atoms with van der Waals surface area (Å²) in [7, 11) is 0. The van der Waals surface area contributed by atoms with E-state index in [0.717, 1.165) is 25.9 Å². The molecule has 0 aromatic rings. The van der Waals surface area contributed by atoms with Crippen molar-refractivity contribution in [1.29, 1.82) is 0 Å². The molecule has 3 heteroatoms. The van der Waals surface area contributed by atoms with E-state index in [4.69, 9.17) is 11.6 Å². The van der Waals surface area contributed by atoms with Crippen molar-refractivity contribution in [3.05, 3.63) is 23.3 Å². The molecule has 13 heavy (non-hydrogen) atoms. The van der Waals surface area contributed by atoms with Crippen LogP contribution in [-0.4, -0.2) is 23.9 Å². The van der Waals surface area contributed by atoms with E-state index in [9.17, 15) is 4.79 Å². The van der Waals surface area contributed by atoms with Gasteiger partial charge in [-0.1, -0.05) is 31.2 Å². The van der Waals surface area contributed by atoms with E-state index in [0.29, 0.717) is 10.6 Å². The SMILES string of the molecule is C=C(C(=O)N1CCC1)/C(Cl)=C\CC. The second-order valence-corrected chi connectivity index (χ2v) is 3.49. The molecular formula is C10H14ClNO. The van der Waals surface area contributed by atoms with Crippen LogP contribution in [0.4, 0.5) is 0 Å². The monoisotopic (exact) mass is 199 g/mol. The van der Waals surface area contributed by atoms with Gasteiger partial charge >= 0.3 is 0 Å². The third-order valence-corrected chi connectivity index (χ3v) is 2.46. The normalized spacial score (nSPS) is 16.8. The van der Waals surface area contributed by atoms with Crippen LogP contribution in [-0.2, 0) is 4.79 Å². The molecule has 0 spiro atoms. The molecule has 1 aliphatic heterocycles. The van der Waals surface area contributed by atoms with Crippen molar-refractivity contribution < 1.29 is 4.79 Å². The molecule has 0 aromatic carbocycles. The topological polar surface area (TPSA) is 20.3 Å². The number of hydrogen-bond acceptors (Lipinski definition) is 1. The first-order valence-corrected chi connectivity index (χ1v) is 4.88. The summed E-state index contributed by atoms with van der Waals surface area (Å²) in [6.45, 7) is 7.34. The molecule has 0 bridgehead atoms. The molecule has 0 unspecified atom stereocenters. The maximum Gasteiger partial charge on any atom is 0.254 e. The Kier molecular flexibility index (Phi) is 3.55. The van der Waals surface area contributed by atoms with Crippen LogP contribution in [0.3, 0.4) is 0 Å². The Morgan fingerprint density at radius 1 is 1.62 bits per heavy atom. The molecule has 1 saturated heterocycles. The van der Waals surface area contributed by atoms with Gasteiger partial charge in [0, 0.05) is 18.1 Å². The zero-order valence-corrected chi connectivity index (χ0v) is 8.60. The second-order valence-electron chi connectivity index (χ2n) is 3.08. The molecular weight excluding hydrogens is 186 g/mol. The fourth-order valence-electron chi connectivity index (χ4n) is 1.11. The van der Waals surface area contributed by atoms with Crippen molar-refractivity contribution >= 4 is 17.5 Å². The molecule has 2 nitrogen and oxygen atoms in total. The third kappa shape index (κ3) is 2.34. The molecule has 0 aliphatic carbocycles. The van der Waals surface area contributed by atoms with Gasteiger partial charge in [-0.05, 0) is 12.8 Å². The van der Waals surface area contributed by atoms with Gasteiger partial charge in [-0.15, -0.1) is 0 Å². The minimum Gasteiger partial charge on any atom is -0.338 e. The first kappa shape index (κ1) is 10.3. The van der Waals surface area contributed by atoms with E-state index in [1.54, 1.807) is 4.90 Å². The minimum absolute atomic E-state index is 0.0269. The molecule has 0 radical (unpaired) electrons. The average molecular weight is 200 g/mol. The largest absolute Gasteiger partial charge is 0.338 e. The number of carbonyl (C=O) groups excluding carboxylic acids is 1. The van der Waals surface area contributed by atoms with Crippen LogP contribution >= 0.6 is 11.6 Å². The van der Waals surface area contributed by atoms with Gasteiger partial charge in [0.1, 0.15) is 0 Å². The first-order valence-electron chi connectivity index (χ1n) is 4.51. The number of nitrogens with zero attached hydrogens (tertiary/aromatic N) is 1. The Bertz CT molecular complexity index is 254. The summed E-state index contributed by atoms with van der Waals surface area (Å²) in [5.41, 5.74) is 0.420. The van der Waals surface area contributed by atoms with Crippen LogP contribution in [0.5, 0.6) is 0 Å². The van der Waals surface area contributed by atoms with Gasteiger partial charge in [0.25, 0.3) is 5.91 Å². The van der Waals surface area contributed by atoms with Crippen molar-refractivity contribution in [2.75, 3.05) is 13.1 Å². The van der Waals surface area contributed by atoms with Gasteiger partial charge in [-0.3, -0.25) is 4.79 Å². The molecule has 0 atom stereocenters. The quantitative estimate of drug-likeness (QED) is 0.505. The minimum atomic E-state index is -0.0269. The lowest BCUT2D eigenvalue weighted by Crippen LogP contribution is -2.42. The molecule has 0 aromatic heterocycles. The lowest BCUT2D eigenvalue weighted by atomic mass is 10.1. The number of allylic oxidation sites excluding steroid dienone is 1. The van der Waals surface area contributed by atoms with Crippen LogP contribution in [0.15, 0.2) is 23.3 Å². The van der Waals surface area contributed by atoms with Gasteiger partial charge in [-0.25, -0.2) is 0 Å². The predicted octanol–water partition coefficient (Wildman–Crippen LogP) is 2.31. The van der Waals surface area contributed by atoms with Gasteiger partial charge in [0.2, 0.25) is 0 Å². The van der Waals surface area contributed by atoms with Crippen LogP contribution < -0.4 is 0 Å². The number of likely N-dealkylation sites (tertiary alicyclic amines) is 1. The van der Waals surface area contributed by atoms with E-state index in [-0.39, 0.29) is 5.91 Å². The van der Waals surface area contributed by atoms with Crippen molar-refractivity contribution in [1.82, 2.24) is 4.90 Å². The zero-order chi connectivity index (χ0) is 9.84. The Hall–Kier alpha value is -0.760. The lowest BCUT2D eigenvalue weighted by Gasteiger charge is -2.31. The van der Waals surface area contributed by atoms with E-state index >= 15 is 0 Å². The Balaban J connectivity index is 2.55. The average Bonchev–Trinajstić information content (AvgIpc) is 2.00. The number of rotatable bonds is 3. The maximum atomic E-state index is 11.5. The van der Waals surface area contributed by atoms with Gasteiger partial charge in [-0.2, -0.15) is 0 Å². The molecule has 1 heterocycles. The van der Waals surface area contributed by atoms with Gasteiger partial charge in [0.05, 0.1) is 5.57 Å². The fourth-order valence-corrected chi connectivity index (χ4v) is 1.35. The number of amides is 1. The van der Waals surface area contributed by atoms with Crippen LogP contribution in [0.25, 0.3) is 0 Å². The van der Waals surface area contributed by atoms with E-state index in [1.807, 2.05) is 13.0 Å². The van der Waals surface area contributed by atoms with Crippen molar-refractivity contribution in [3.63, 3.8) is 0 Å². The highest BCUT2D eigenvalue weighted by molar-refractivity contribution is 6.35. The van der Waals surface area contributed by atoms with E-state index in [2.05, 4.69) is 6.58 Å². The first-order chi connectivity index (χ1) is 6.16. The smallest absolute Gasteiger partial charge is 0.254 e. The standard InChI is InChI=1S/C10H14ClNO/c1-3-5-9(11)8(2)10(13)12-6-4-7-12/h5H,2-4,6-7H2,1H3/b9-5+. The summed E-state index contributed by atoms with van der Waals surface area (Å²) in [6, 6.07) is 0. The Morgan fingerprint density at radius 2 is 2.23 bits per heavy atom. The number of carbonyl (C=O) groups is 1. The lowest BCUT2D eigenvalue weighted by molar-refractivity contribution is -0.130. The van der Waals surface area contributed by atoms with E-state index in [1.165, 1.54) is 0 Å². The molecule has 1 rings (SSSR count). The zero-order valence-electron chi connectivity index (χ0n) is 7.85. The molecule has 1 amide bonds. The van der Waals surface area contributed by atoms with Crippen LogP contribution in [0.1, 0.15) is 19.8 Å². The van der Waals surface area contributed by atoms with Crippen LogP contribution in [0.2, 0.25) is 0 Å². The summed E-state index contributed by atoms with van der Waals surface area (Å²) < 4.78 is 0. The number of halogens is 1. The fraction of sp³-hybridized carbons (Fsp3) is 0.500. The maximum absolute atomic E-state index is 11.5. The molecule has 72 valence electrons. The highest BCUT2D eigenvalue weighted by Gasteiger charge is 2.23. The van der Waals surface area contributed by atoms with Gasteiger partial charge < -0.3 is 4.90 Å². The second kappa shape index (κ2) is 4.47. The Labute approximate surface area is 83.9 Å². The summed E-state index contributed by atoms with van der Waals surface area (Å²) >= 11 is 5.87. The van der Waals surface area contributed by atoms with Crippen molar-refractivity contribution in [2.24, 2.45) is 0 Å². The summed E-state index contributed by atoms with van der Waals surface area (Å²) in [4.78, 5) is 13.3.